The molecule has 0 fully saturated rings. The molecule has 122 valence electrons. The van der Waals surface area contributed by atoms with Crippen LogP contribution in [0.3, 0.4) is 0 Å². The molecule has 0 bridgehead atoms. The lowest BCUT2D eigenvalue weighted by Gasteiger charge is -2.14. The summed E-state index contributed by atoms with van der Waals surface area (Å²) < 4.78 is 25.6. The monoisotopic (exact) mass is 397 g/mol. The van der Waals surface area contributed by atoms with Crippen molar-refractivity contribution >= 4 is 39.0 Å². The predicted octanol–water partition coefficient (Wildman–Crippen LogP) is 5.07. The maximum atomic E-state index is 14.1. The van der Waals surface area contributed by atoms with Crippen LogP contribution in [-0.2, 0) is 17.8 Å². The largest absolute Gasteiger partial charge is 0.488 e. The van der Waals surface area contributed by atoms with Crippen LogP contribution in [0.2, 0.25) is 0 Å². The van der Waals surface area contributed by atoms with Crippen LogP contribution < -0.4 is 10.1 Å². The van der Waals surface area contributed by atoms with Gasteiger partial charge >= 0.3 is 0 Å². The molecule has 3 nitrogen and oxygen atoms in total. The van der Waals surface area contributed by atoms with Crippen LogP contribution in [0.1, 0.15) is 18.1 Å². The first-order chi connectivity index (χ1) is 11.0. The van der Waals surface area contributed by atoms with Crippen LogP contribution in [-0.4, -0.2) is 12.3 Å². The van der Waals surface area contributed by atoms with Gasteiger partial charge in [0.15, 0.2) is 0 Å². The maximum absolute atomic E-state index is 14.1. The average Bonchev–Trinajstić information content (AvgIpc) is 2.55. The lowest BCUT2D eigenvalue weighted by atomic mass is 10.1. The summed E-state index contributed by atoms with van der Waals surface area (Å²) in [5.41, 5.74) is 2.11. The predicted molar refractivity (Wildman–Crippen MR) is 97.5 cm³/mol. The first-order valence-corrected chi connectivity index (χ1v) is 8.28. The number of anilines is 1. The summed E-state index contributed by atoms with van der Waals surface area (Å²) in [4.78, 5) is 0. The lowest BCUT2D eigenvalue weighted by molar-refractivity contribution is 0.298. The van der Waals surface area contributed by atoms with E-state index in [0.29, 0.717) is 17.0 Å². The summed E-state index contributed by atoms with van der Waals surface area (Å²) in [7, 11) is 1.46. The molecule has 2 aromatic carbocycles. The van der Waals surface area contributed by atoms with Crippen LogP contribution in [0.4, 0.5) is 10.1 Å². The third kappa shape index (κ3) is 4.65. The molecule has 1 N–H and O–H groups in total. The molecule has 0 saturated heterocycles. The molecule has 0 heterocycles. The van der Waals surface area contributed by atoms with Crippen molar-refractivity contribution in [3.63, 3.8) is 0 Å². The summed E-state index contributed by atoms with van der Waals surface area (Å²) in [6.45, 7) is 2.16. The molecule has 23 heavy (non-hydrogen) atoms. The minimum absolute atomic E-state index is 0.0748. The molecule has 0 radical (unpaired) electrons. The fourth-order valence-corrected chi connectivity index (χ4v) is 2.67. The van der Waals surface area contributed by atoms with Gasteiger partial charge in [0.1, 0.15) is 18.2 Å². The second kappa shape index (κ2) is 8.26. The second-order valence-electron chi connectivity index (χ2n) is 4.79. The van der Waals surface area contributed by atoms with Crippen molar-refractivity contribution in [2.24, 2.45) is 0 Å². The van der Waals surface area contributed by atoms with Gasteiger partial charge in [0.25, 0.3) is 5.17 Å². The highest BCUT2D eigenvalue weighted by Gasteiger charge is 2.12. The molecule has 0 aliphatic heterocycles. The number of aryl methyl sites for hydroxylation is 1. The first-order valence-electron chi connectivity index (χ1n) is 7.08. The third-order valence-corrected chi connectivity index (χ3v) is 4.21. The van der Waals surface area contributed by atoms with E-state index >= 15 is 0 Å². The number of nitrogens with one attached hydrogen (secondary N) is 1. The topological polar surface area (TPSA) is 30.5 Å². The number of methoxy groups -OCH3 is 1. The van der Waals surface area contributed by atoms with Crippen molar-refractivity contribution in [1.82, 2.24) is 0 Å². The Morgan fingerprint density at radius 1 is 1.30 bits per heavy atom. The van der Waals surface area contributed by atoms with Gasteiger partial charge in [-0.2, -0.15) is 0 Å². The number of ether oxygens (including phenoxy) is 2. The minimum atomic E-state index is -0.366. The number of benzene rings is 2. The highest BCUT2D eigenvalue weighted by Crippen LogP contribution is 2.28. The molecule has 0 aliphatic carbocycles. The van der Waals surface area contributed by atoms with E-state index < -0.39 is 0 Å². The number of rotatable bonds is 5. The normalized spacial score (nSPS) is 10.3. The van der Waals surface area contributed by atoms with E-state index in [-0.39, 0.29) is 17.6 Å². The SMILES string of the molecule is CCc1ccc(OCc2c(F)cccc2NC(=S)OC)c(Br)c1. The average molecular weight is 398 g/mol. The Kier molecular flexibility index (Phi) is 6.36. The summed E-state index contributed by atoms with van der Waals surface area (Å²) in [5, 5.41) is 3.02. The van der Waals surface area contributed by atoms with Gasteiger partial charge < -0.3 is 14.8 Å². The number of hydrogen-bond acceptors (Lipinski definition) is 3. The van der Waals surface area contributed by atoms with Crippen molar-refractivity contribution in [3.8, 4) is 5.75 Å². The van der Waals surface area contributed by atoms with E-state index in [1.165, 1.54) is 18.7 Å². The highest BCUT2D eigenvalue weighted by molar-refractivity contribution is 9.10. The van der Waals surface area contributed by atoms with Gasteiger partial charge in [-0.1, -0.05) is 19.1 Å². The molecule has 2 aromatic rings. The quantitative estimate of drug-likeness (QED) is 0.713. The van der Waals surface area contributed by atoms with Crippen LogP contribution in [0.15, 0.2) is 40.9 Å². The smallest absolute Gasteiger partial charge is 0.260 e. The Morgan fingerprint density at radius 3 is 2.74 bits per heavy atom. The first kappa shape index (κ1) is 17.7. The van der Waals surface area contributed by atoms with Gasteiger partial charge in [-0.05, 0) is 64.4 Å². The van der Waals surface area contributed by atoms with Crippen molar-refractivity contribution < 1.29 is 13.9 Å². The van der Waals surface area contributed by atoms with E-state index in [9.17, 15) is 4.39 Å². The zero-order valence-electron chi connectivity index (χ0n) is 12.9. The fraction of sp³-hybridized carbons (Fsp3) is 0.235. The van der Waals surface area contributed by atoms with Gasteiger partial charge in [-0.15, -0.1) is 0 Å². The fourth-order valence-electron chi connectivity index (χ4n) is 2.01. The van der Waals surface area contributed by atoms with Crippen molar-refractivity contribution in [2.45, 2.75) is 20.0 Å². The summed E-state index contributed by atoms with van der Waals surface area (Å²) in [5.74, 6) is 0.293. The Balaban J connectivity index is 2.18. The molecular formula is C17H17BrFNO2S. The van der Waals surface area contributed by atoms with E-state index in [0.717, 1.165) is 10.9 Å². The third-order valence-electron chi connectivity index (χ3n) is 3.32. The van der Waals surface area contributed by atoms with E-state index in [4.69, 9.17) is 21.7 Å². The van der Waals surface area contributed by atoms with Crippen molar-refractivity contribution in [2.75, 3.05) is 12.4 Å². The van der Waals surface area contributed by atoms with Crippen LogP contribution in [0.25, 0.3) is 0 Å². The van der Waals surface area contributed by atoms with Gasteiger partial charge in [-0.25, -0.2) is 4.39 Å². The standard InChI is InChI=1S/C17H17BrFNO2S/c1-3-11-7-8-16(13(18)9-11)22-10-12-14(19)5-4-6-15(12)20-17(23)21-2/h4-9H,3,10H2,1-2H3,(H,20,23). The Bertz CT molecular complexity index is 709. The Morgan fingerprint density at radius 2 is 2.09 bits per heavy atom. The molecular weight excluding hydrogens is 381 g/mol. The van der Waals surface area contributed by atoms with Gasteiger partial charge in [0.05, 0.1) is 17.3 Å². The zero-order valence-corrected chi connectivity index (χ0v) is 15.3. The van der Waals surface area contributed by atoms with Crippen molar-refractivity contribution in [1.29, 1.82) is 0 Å². The second-order valence-corrected chi connectivity index (χ2v) is 6.01. The van der Waals surface area contributed by atoms with Crippen LogP contribution in [0, 0.1) is 5.82 Å². The van der Waals surface area contributed by atoms with E-state index in [2.05, 4.69) is 28.2 Å². The Labute approximate surface area is 148 Å². The molecule has 0 unspecified atom stereocenters. The van der Waals surface area contributed by atoms with Gasteiger partial charge in [0, 0.05) is 5.56 Å². The molecule has 2 rings (SSSR count). The number of thiocarbonyl (C=S) groups is 1. The molecule has 0 aromatic heterocycles. The van der Waals surface area contributed by atoms with E-state index in [1.54, 1.807) is 12.1 Å². The molecule has 0 atom stereocenters. The van der Waals surface area contributed by atoms with E-state index in [1.807, 2.05) is 18.2 Å². The van der Waals surface area contributed by atoms with Gasteiger partial charge in [-0.3, -0.25) is 0 Å². The van der Waals surface area contributed by atoms with Crippen LogP contribution >= 0.6 is 28.1 Å². The minimum Gasteiger partial charge on any atom is -0.488 e. The number of halogens is 2. The summed E-state index contributed by atoms with van der Waals surface area (Å²) in [6, 6.07) is 10.6. The molecule has 0 amide bonds. The molecule has 0 aliphatic rings. The lowest BCUT2D eigenvalue weighted by Crippen LogP contribution is -2.14. The van der Waals surface area contributed by atoms with Gasteiger partial charge in [0.2, 0.25) is 0 Å². The highest BCUT2D eigenvalue weighted by atomic mass is 79.9. The van der Waals surface area contributed by atoms with Crippen LogP contribution in [0.5, 0.6) is 5.75 Å². The molecule has 6 heteroatoms. The maximum Gasteiger partial charge on any atom is 0.260 e. The van der Waals surface area contributed by atoms with Crippen molar-refractivity contribution in [3.05, 3.63) is 57.8 Å². The Hall–Kier alpha value is -1.66. The summed E-state index contributed by atoms with van der Waals surface area (Å²) >= 11 is 8.44. The summed E-state index contributed by atoms with van der Waals surface area (Å²) in [6.07, 6.45) is 0.939. The zero-order chi connectivity index (χ0) is 16.8. The molecule has 0 spiro atoms. The number of hydrogen-bond donors (Lipinski definition) is 1. The molecule has 0 saturated carbocycles.